The molecule has 2 rings (SSSR count). The normalized spacial score (nSPS) is 18.5. The second kappa shape index (κ2) is 7.83. The molecule has 0 saturated carbocycles. The first-order valence-corrected chi connectivity index (χ1v) is 7.47. The number of hydrogen-bond acceptors (Lipinski definition) is 5. The average molecular weight is 292 g/mol. The van der Waals surface area contributed by atoms with Gasteiger partial charge in [-0.2, -0.15) is 0 Å². The van der Waals surface area contributed by atoms with Gasteiger partial charge in [0.25, 0.3) is 0 Å². The van der Waals surface area contributed by atoms with Gasteiger partial charge in [0.15, 0.2) is 0 Å². The number of amides is 1. The maximum atomic E-state index is 11.2. The number of hydrogen-bond donors (Lipinski definition) is 2. The summed E-state index contributed by atoms with van der Waals surface area (Å²) in [6.07, 6.45) is 3.49. The van der Waals surface area contributed by atoms with Gasteiger partial charge in [-0.25, -0.2) is 9.78 Å². The van der Waals surface area contributed by atoms with Gasteiger partial charge in [0, 0.05) is 44.0 Å². The molecular formula is C15H24N4O2. The fourth-order valence-corrected chi connectivity index (χ4v) is 2.53. The van der Waals surface area contributed by atoms with E-state index in [-0.39, 0.29) is 12.1 Å². The van der Waals surface area contributed by atoms with Crippen molar-refractivity contribution in [1.82, 2.24) is 15.2 Å². The Morgan fingerprint density at radius 3 is 3.19 bits per heavy atom. The number of methoxy groups -OCH3 is 1. The van der Waals surface area contributed by atoms with Crippen molar-refractivity contribution in [2.45, 2.75) is 32.4 Å². The monoisotopic (exact) mass is 292 g/mol. The molecule has 0 spiro atoms. The van der Waals surface area contributed by atoms with Crippen molar-refractivity contribution in [2.24, 2.45) is 0 Å². The number of nitrogens with one attached hydrogen (secondary N) is 2. The van der Waals surface area contributed by atoms with Crippen LogP contribution in [0.25, 0.3) is 0 Å². The molecule has 0 aromatic carbocycles. The molecule has 1 saturated heterocycles. The SMILES string of the molecule is CCCNc1ncccc1CN1CCC(NC(=O)OC)C1. The number of aromatic nitrogens is 1. The van der Waals surface area contributed by atoms with Crippen molar-refractivity contribution in [3.63, 3.8) is 0 Å². The Balaban J connectivity index is 1.89. The lowest BCUT2D eigenvalue weighted by Gasteiger charge is -2.18. The molecule has 2 N–H and O–H groups in total. The van der Waals surface area contributed by atoms with Crippen molar-refractivity contribution in [2.75, 3.05) is 32.1 Å². The summed E-state index contributed by atoms with van der Waals surface area (Å²) in [5, 5.41) is 6.22. The molecule has 116 valence electrons. The molecule has 1 aliphatic heterocycles. The van der Waals surface area contributed by atoms with Crippen LogP contribution in [-0.4, -0.2) is 48.8 Å². The Kier molecular flexibility index (Phi) is 5.80. The topological polar surface area (TPSA) is 66.5 Å². The van der Waals surface area contributed by atoms with Crippen LogP contribution in [0.2, 0.25) is 0 Å². The molecule has 1 aromatic rings. The van der Waals surface area contributed by atoms with Gasteiger partial charge < -0.3 is 15.4 Å². The number of ether oxygens (including phenoxy) is 1. The van der Waals surface area contributed by atoms with Crippen molar-refractivity contribution in [3.8, 4) is 0 Å². The standard InChI is InChI=1S/C15H24N4O2/c1-3-7-16-14-12(5-4-8-17-14)10-19-9-6-13(11-19)18-15(20)21-2/h4-5,8,13H,3,6-7,9-11H2,1-2H3,(H,16,17)(H,18,20). The highest BCUT2D eigenvalue weighted by atomic mass is 16.5. The van der Waals surface area contributed by atoms with Crippen LogP contribution in [-0.2, 0) is 11.3 Å². The van der Waals surface area contributed by atoms with Crippen LogP contribution in [0.3, 0.4) is 0 Å². The van der Waals surface area contributed by atoms with E-state index in [9.17, 15) is 4.79 Å². The van der Waals surface area contributed by atoms with Crippen LogP contribution < -0.4 is 10.6 Å². The van der Waals surface area contributed by atoms with Gasteiger partial charge in [-0.3, -0.25) is 4.90 Å². The quantitative estimate of drug-likeness (QED) is 0.837. The van der Waals surface area contributed by atoms with Gasteiger partial charge >= 0.3 is 6.09 Å². The Morgan fingerprint density at radius 2 is 2.43 bits per heavy atom. The third kappa shape index (κ3) is 4.60. The molecule has 0 aliphatic carbocycles. The fourth-order valence-electron chi connectivity index (χ4n) is 2.53. The summed E-state index contributed by atoms with van der Waals surface area (Å²) in [5.74, 6) is 0.962. The molecule has 1 fully saturated rings. The van der Waals surface area contributed by atoms with Gasteiger partial charge in [-0.05, 0) is 18.9 Å². The van der Waals surface area contributed by atoms with E-state index in [0.29, 0.717) is 0 Å². The molecule has 1 aromatic heterocycles. The third-order valence-corrected chi connectivity index (χ3v) is 3.61. The summed E-state index contributed by atoms with van der Waals surface area (Å²) in [5.41, 5.74) is 1.20. The highest BCUT2D eigenvalue weighted by molar-refractivity contribution is 5.67. The summed E-state index contributed by atoms with van der Waals surface area (Å²) in [6, 6.07) is 4.24. The van der Waals surface area contributed by atoms with Crippen LogP contribution in [0.5, 0.6) is 0 Å². The smallest absolute Gasteiger partial charge is 0.407 e. The summed E-state index contributed by atoms with van der Waals surface area (Å²) < 4.78 is 4.64. The predicted octanol–water partition coefficient (Wildman–Crippen LogP) is 1.83. The largest absolute Gasteiger partial charge is 0.453 e. The zero-order chi connectivity index (χ0) is 15.1. The van der Waals surface area contributed by atoms with E-state index in [2.05, 4.69) is 38.2 Å². The molecule has 0 radical (unpaired) electrons. The second-order valence-corrected chi connectivity index (χ2v) is 5.29. The number of pyridine rings is 1. The Morgan fingerprint density at radius 1 is 1.57 bits per heavy atom. The lowest BCUT2D eigenvalue weighted by atomic mass is 10.2. The third-order valence-electron chi connectivity index (χ3n) is 3.61. The summed E-state index contributed by atoms with van der Waals surface area (Å²) >= 11 is 0. The molecule has 1 aliphatic rings. The minimum Gasteiger partial charge on any atom is -0.453 e. The highest BCUT2D eigenvalue weighted by Gasteiger charge is 2.24. The first-order valence-electron chi connectivity index (χ1n) is 7.47. The molecule has 2 heterocycles. The number of anilines is 1. The zero-order valence-corrected chi connectivity index (χ0v) is 12.8. The van der Waals surface area contributed by atoms with Crippen molar-refractivity contribution < 1.29 is 9.53 Å². The molecule has 6 nitrogen and oxygen atoms in total. The van der Waals surface area contributed by atoms with E-state index in [4.69, 9.17) is 0 Å². The molecule has 1 unspecified atom stereocenters. The van der Waals surface area contributed by atoms with E-state index in [1.165, 1.54) is 12.7 Å². The van der Waals surface area contributed by atoms with Gasteiger partial charge in [0.1, 0.15) is 5.82 Å². The van der Waals surface area contributed by atoms with E-state index in [1.807, 2.05) is 12.3 Å². The molecule has 1 amide bonds. The Bertz CT molecular complexity index is 467. The van der Waals surface area contributed by atoms with Crippen LogP contribution >= 0.6 is 0 Å². The lowest BCUT2D eigenvalue weighted by Crippen LogP contribution is -2.36. The molecule has 6 heteroatoms. The number of alkyl carbamates (subject to hydrolysis) is 1. The molecule has 1 atom stereocenters. The van der Waals surface area contributed by atoms with Crippen molar-refractivity contribution >= 4 is 11.9 Å². The van der Waals surface area contributed by atoms with Crippen LogP contribution in [0, 0.1) is 0 Å². The molecular weight excluding hydrogens is 268 g/mol. The van der Waals surface area contributed by atoms with E-state index < -0.39 is 0 Å². The minimum absolute atomic E-state index is 0.168. The zero-order valence-electron chi connectivity index (χ0n) is 12.8. The second-order valence-electron chi connectivity index (χ2n) is 5.29. The number of nitrogens with zero attached hydrogens (tertiary/aromatic N) is 2. The van der Waals surface area contributed by atoms with Gasteiger partial charge in [-0.15, -0.1) is 0 Å². The first kappa shape index (κ1) is 15.6. The lowest BCUT2D eigenvalue weighted by molar-refractivity contribution is 0.166. The molecule has 21 heavy (non-hydrogen) atoms. The van der Waals surface area contributed by atoms with Crippen LogP contribution in [0.15, 0.2) is 18.3 Å². The maximum absolute atomic E-state index is 11.2. The number of carbonyl (C=O) groups is 1. The number of likely N-dealkylation sites (tertiary alicyclic amines) is 1. The van der Waals surface area contributed by atoms with E-state index >= 15 is 0 Å². The molecule has 0 bridgehead atoms. The van der Waals surface area contributed by atoms with Gasteiger partial charge in [0.2, 0.25) is 0 Å². The summed E-state index contributed by atoms with van der Waals surface area (Å²) in [7, 11) is 1.39. The summed E-state index contributed by atoms with van der Waals surface area (Å²) in [6.45, 7) is 5.73. The number of rotatable bonds is 6. The van der Waals surface area contributed by atoms with Crippen molar-refractivity contribution in [1.29, 1.82) is 0 Å². The maximum Gasteiger partial charge on any atom is 0.407 e. The van der Waals surface area contributed by atoms with Gasteiger partial charge in [-0.1, -0.05) is 13.0 Å². The Labute approximate surface area is 125 Å². The summed E-state index contributed by atoms with van der Waals surface area (Å²) in [4.78, 5) is 18.0. The van der Waals surface area contributed by atoms with Crippen molar-refractivity contribution in [3.05, 3.63) is 23.9 Å². The predicted molar refractivity (Wildman–Crippen MR) is 82.2 cm³/mol. The van der Waals surface area contributed by atoms with E-state index in [1.54, 1.807) is 0 Å². The fraction of sp³-hybridized carbons (Fsp3) is 0.600. The van der Waals surface area contributed by atoms with Crippen LogP contribution in [0.1, 0.15) is 25.3 Å². The average Bonchev–Trinajstić information content (AvgIpc) is 2.93. The number of carbonyl (C=O) groups excluding carboxylic acids is 1. The minimum atomic E-state index is -0.353. The highest BCUT2D eigenvalue weighted by Crippen LogP contribution is 2.18. The Hall–Kier alpha value is -1.82. The van der Waals surface area contributed by atoms with E-state index in [0.717, 1.165) is 44.8 Å². The van der Waals surface area contributed by atoms with Gasteiger partial charge in [0.05, 0.1) is 7.11 Å². The van der Waals surface area contributed by atoms with Crippen LogP contribution in [0.4, 0.5) is 10.6 Å². The first-order chi connectivity index (χ1) is 10.2.